The molecule has 2 aromatic carbocycles. The number of carbonyl (C=O) groups is 1. The van der Waals surface area contributed by atoms with E-state index in [1.165, 1.54) is 19.1 Å². The van der Waals surface area contributed by atoms with Crippen molar-refractivity contribution in [2.75, 3.05) is 6.54 Å². The molecule has 0 radical (unpaired) electrons. The van der Waals surface area contributed by atoms with Crippen molar-refractivity contribution in [3.05, 3.63) is 58.7 Å². The molecule has 4 N–H and O–H groups in total. The number of aliphatic hydroxyl groups is 3. The third-order valence-electron chi connectivity index (χ3n) is 4.91. The molecule has 3 rings (SSSR count). The van der Waals surface area contributed by atoms with Crippen LogP contribution >= 0.6 is 0 Å². The number of hydrogen-bond donors (Lipinski definition) is 4. The Hall–Kier alpha value is -2.46. The minimum absolute atomic E-state index is 0.208. The lowest BCUT2D eigenvalue weighted by Gasteiger charge is -2.23. The largest absolute Gasteiger partial charge is 0.416 e. The number of rotatable bonds is 6. The third-order valence-corrected chi connectivity index (χ3v) is 4.91. The van der Waals surface area contributed by atoms with E-state index in [9.17, 15) is 33.3 Å². The number of ether oxygens (including phenoxy) is 1. The highest BCUT2D eigenvalue weighted by Gasteiger charge is 2.35. The Kier molecular flexibility index (Phi) is 6.47. The van der Waals surface area contributed by atoms with Crippen molar-refractivity contribution >= 4 is 5.91 Å². The number of hydrogen-bond acceptors (Lipinski definition) is 5. The highest BCUT2D eigenvalue weighted by Crippen LogP contribution is 2.36. The number of benzene rings is 2. The molecule has 0 saturated carbocycles. The van der Waals surface area contributed by atoms with Crippen LogP contribution in [0, 0.1) is 0 Å². The fourth-order valence-electron chi connectivity index (χ4n) is 3.48. The highest BCUT2D eigenvalue weighted by atomic mass is 19.4. The van der Waals surface area contributed by atoms with Crippen LogP contribution in [0.1, 0.15) is 34.0 Å². The number of aliphatic hydroxyl groups excluding tert-OH is 2. The standard InChI is InChI=1S/C21H22F3NO5/c1-11(26)30-18(20(28)29)10-15-5-4-14(9-17(15)21(22,23)24)13-3-2-12-6-7-25-19(27)16(12)8-13/h2-5,8-9,11,18,20,26,28-29H,6-7,10H2,1H3,(H,25,27). The zero-order valence-electron chi connectivity index (χ0n) is 16.1. The molecule has 0 aromatic heterocycles. The molecule has 2 aromatic rings. The van der Waals surface area contributed by atoms with Gasteiger partial charge < -0.3 is 25.4 Å². The summed E-state index contributed by atoms with van der Waals surface area (Å²) < 4.78 is 46.1. The Morgan fingerprint density at radius 3 is 2.40 bits per heavy atom. The Morgan fingerprint density at radius 1 is 1.10 bits per heavy atom. The molecule has 9 heteroatoms. The lowest BCUT2D eigenvalue weighted by Crippen LogP contribution is -2.34. The first kappa shape index (κ1) is 22.2. The van der Waals surface area contributed by atoms with Crippen LogP contribution in [0.3, 0.4) is 0 Å². The number of alkyl halides is 3. The zero-order chi connectivity index (χ0) is 22.1. The summed E-state index contributed by atoms with van der Waals surface area (Å²) in [6, 6.07) is 8.63. The molecule has 0 saturated heterocycles. The van der Waals surface area contributed by atoms with E-state index in [2.05, 4.69) is 5.32 Å². The summed E-state index contributed by atoms with van der Waals surface area (Å²) in [7, 11) is 0. The summed E-state index contributed by atoms with van der Waals surface area (Å²) in [6.45, 7) is 1.74. The molecule has 2 unspecified atom stereocenters. The van der Waals surface area contributed by atoms with Crippen molar-refractivity contribution in [1.29, 1.82) is 0 Å². The highest BCUT2D eigenvalue weighted by molar-refractivity contribution is 5.98. The Balaban J connectivity index is 1.99. The summed E-state index contributed by atoms with van der Waals surface area (Å²) in [5.41, 5.74) is 0.838. The van der Waals surface area contributed by atoms with Gasteiger partial charge in [-0.15, -0.1) is 0 Å². The number of halogens is 3. The smallest absolute Gasteiger partial charge is 0.368 e. The average Bonchev–Trinajstić information content (AvgIpc) is 2.66. The lowest BCUT2D eigenvalue weighted by atomic mass is 9.92. The normalized spacial score (nSPS) is 16.2. The van der Waals surface area contributed by atoms with E-state index in [1.807, 2.05) is 0 Å². The van der Waals surface area contributed by atoms with E-state index in [0.29, 0.717) is 24.1 Å². The van der Waals surface area contributed by atoms with Crippen LogP contribution in [0.25, 0.3) is 11.1 Å². The van der Waals surface area contributed by atoms with E-state index in [4.69, 9.17) is 4.74 Å². The topological polar surface area (TPSA) is 99.0 Å². The van der Waals surface area contributed by atoms with Crippen LogP contribution in [-0.2, 0) is 23.8 Å². The van der Waals surface area contributed by atoms with Crippen molar-refractivity contribution in [1.82, 2.24) is 5.32 Å². The van der Waals surface area contributed by atoms with Gasteiger partial charge in [0.15, 0.2) is 12.6 Å². The van der Waals surface area contributed by atoms with Gasteiger partial charge in [-0.05, 0) is 47.7 Å². The van der Waals surface area contributed by atoms with Gasteiger partial charge in [0.25, 0.3) is 5.91 Å². The lowest BCUT2D eigenvalue weighted by molar-refractivity contribution is -0.204. The number of nitrogens with one attached hydrogen (secondary N) is 1. The van der Waals surface area contributed by atoms with Crippen molar-refractivity contribution < 1.29 is 38.0 Å². The van der Waals surface area contributed by atoms with Gasteiger partial charge in [0.1, 0.15) is 6.10 Å². The second-order valence-electron chi connectivity index (χ2n) is 7.14. The van der Waals surface area contributed by atoms with Gasteiger partial charge in [-0.3, -0.25) is 4.79 Å². The van der Waals surface area contributed by atoms with Gasteiger partial charge in [0, 0.05) is 18.5 Å². The molecule has 0 spiro atoms. The predicted molar refractivity (Wildman–Crippen MR) is 101 cm³/mol. The Bertz CT molecular complexity index is 927. The summed E-state index contributed by atoms with van der Waals surface area (Å²) in [4.78, 5) is 12.0. The molecule has 0 aliphatic carbocycles. The molecule has 30 heavy (non-hydrogen) atoms. The SMILES string of the molecule is CC(O)OC(Cc1ccc(-c2ccc3c(c2)C(=O)NCC3)cc1C(F)(F)F)C(O)O. The second kappa shape index (κ2) is 8.73. The first-order chi connectivity index (χ1) is 14.1. The average molecular weight is 425 g/mol. The fourth-order valence-corrected chi connectivity index (χ4v) is 3.48. The number of amides is 1. The molecule has 1 heterocycles. The summed E-state index contributed by atoms with van der Waals surface area (Å²) in [5, 5.41) is 30.8. The molecular weight excluding hydrogens is 403 g/mol. The van der Waals surface area contributed by atoms with Crippen molar-refractivity contribution in [3.63, 3.8) is 0 Å². The van der Waals surface area contributed by atoms with Crippen LogP contribution in [-0.4, -0.2) is 46.5 Å². The van der Waals surface area contributed by atoms with E-state index in [1.54, 1.807) is 18.2 Å². The van der Waals surface area contributed by atoms with Crippen LogP contribution in [0.5, 0.6) is 0 Å². The maximum atomic E-state index is 13.7. The minimum atomic E-state index is -4.70. The first-order valence-electron chi connectivity index (χ1n) is 9.37. The number of fused-ring (bicyclic) bond motifs is 1. The molecule has 1 amide bonds. The van der Waals surface area contributed by atoms with Gasteiger partial charge >= 0.3 is 6.18 Å². The van der Waals surface area contributed by atoms with Crippen molar-refractivity contribution in [3.8, 4) is 11.1 Å². The van der Waals surface area contributed by atoms with Gasteiger partial charge in [-0.2, -0.15) is 13.2 Å². The Labute approximate surface area is 170 Å². The van der Waals surface area contributed by atoms with Crippen LogP contribution in [0.15, 0.2) is 36.4 Å². The third kappa shape index (κ3) is 4.99. The van der Waals surface area contributed by atoms with E-state index < -0.39 is 36.8 Å². The van der Waals surface area contributed by atoms with Crippen molar-refractivity contribution in [2.24, 2.45) is 0 Å². The molecule has 0 fully saturated rings. The maximum absolute atomic E-state index is 13.7. The van der Waals surface area contributed by atoms with E-state index in [-0.39, 0.29) is 17.0 Å². The summed E-state index contributed by atoms with van der Waals surface area (Å²) >= 11 is 0. The van der Waals surface area contributed by atoms with E-state index >= 15 is 0 Å². The number of carbonyl (C=O) groups excluding carboxylic acids is 1. The molecule has 1 aliphatic heterocycles. The van der Waals surface area contributed by atoms with Gasteiger partial charge in [-0.1, -0.05) is 24.3 Å². The van der Waals surface area contributed by atoms with E-state index in [0.717, 1.165) is 11.6 Å². The van der Waals surface area contributed by atoms with Gasteiger partial charge in [-0.25, -0.2) is 0 Å². The van der Waals surface area contributed by atoms with Crippen LogP contribution < -0.4 is 5.32 Å². The van der Waals surface area contributed by atoms with Gasteiger partial charge in [0.2, 0.25) is 0 Å². The molecule has 0 bridgehead atoms. The fraction of sp³-hybridized carbons (Fsp3) is 0.381. The summed E-state index contributed by atoms with van der Waals surface area (Å²) in [5.74, 6) is -0.263. The molecule has 2 atom stereocenters. The summed E-state index contributed by atoms with van der Waals surface area (Å²) in [6.07, 6.45) is -9.41. The second-order valence-corrected chi connectivity index (χ2v) is 7.14. The molecular formula is C21H22F3NO5. The first-order valence-corrected chi connectivity index (χ1v) is 9.37. The molecule has 1 aliphatic rings. The van der Waals surface area contributed by atoms with Gasteiger partial charge in [0.05, 0.1) is 5.56 Å². The van der Waals surface area contributed by atoms with Crippen LogP contribution in [0.4, 0.5) is 13.2 Å². The maximum Gasteiger partial charge on any atom is 0.416 e. The minimum Gasteiger partial charge on any atom is -0.368 e. The Morgan fingerprint density at radius 2 is 1.77 bits per heavy atom. The monoisotopic (exact) mass is 425 g/mol. The van der Waals surface area contributed by atoms with Crippen LogP contribution in [0.2, 0.25) is 0 Å². The molecule has 6 nitrogen and oxygen atoms in total. The predicted octanol–water partition coefficient (Wildman–Crippen LogP) is 2.24. The quantitative estimate of drug-likeness (QED) is 0.532. The van der Waals surface area contributed by atoms with Crippen molar-refractivity contribution in [2.45, 2.75) is 44.6 Å². The molecule has 162 valence electrons. The zero-order valence-corrected chi connectivity index (χ0v) is 16.1.